The maximum Gasteiger partial charge on any atom is 0.268 e. The second kappa shape index (κ2) is 4.51. The Balaban J connectivity index is 1.73. The first kappa shape index (κ1) is 11.4. The Hall–Kier alpha value is -0.720. The molecule has 88 valence electrons. The normalized spacial score (nSPS) is 14.9. The van der Waals surface area contributed by atoms with Crippen LogP contribution in [-0.4, -0.2) is 10.9 Å². The van der Waals surface area contributed by atoms with Gasteiger partial charge in [-0.25, -0.2) is 4.98 Å². The highest BCUT2D eigenvalue weighted by Crippen LogP contribution is 2.41. The quantitative estimate of drug-likeness (QED) is 0.921. The molecule has 2 aromatic heterocycles. The summed E-state index contributed by atoms with van der Waals surface area (Å²) in [5.41, 5.74) is 1.12. The van der Waals surface area contributed by atoms with Crippen LogP contribution in [0.15, 0.2) is 21.3 Å². The first-order valence-electron chi connectivity index (χ1n) is 5.24. The molecule has 1 saturated carbocycles. The fourth-order valence-corrected chi connectivity index (χ4v) is 3.75. The number of hydrogen-bond acceptors (Lipinski definition) is 4. The van der Waals surface area contributed by atoms with Crippen LogP contribution in [-0.2, 0) is 0 Å². The SMILES string of the molecule is O=C(Nc1nc(C2CC2)cs1)c1sccc1Br. The van der Waals surface area contributed by atoms with Gasteiger partial charge < -0.3 is 0 Å². The average Bonchev–Trinajstić information content (AvgIpc) is 2.90. The monoisotopic (exact) mass is 328 g/mol. The second-order valence-electron chi connectivity index (χ2n) is 3.90. The fourth-order valence-electron chi connectivity index (χ4n) is 1.52. The summed E-state index contributed by atoms with van der Waals surface area (Å²) in [6.07, 6.45) is 2.46. The van der Waals surface area contributed by atoms with Crippen LogP contribution in [0.2, 0.25) is 0 Å². The zero-order valence-electron chi connectivity index (χ0n) is 8.77. The maximum absolute atomic E-state index is 11.9. The number of thiazole rings is 1. The van der Waals surface area contributed by atoms with E-state index in [0.717, 1.165) is 10.2 Å². The average molecular weight is 329 g/mol. The molecule has 3 rings (SSSR count). The predicted octanol–water partition coefficient (Wildman–Crippen LogP) is 4.10. The van der Waals surface area contributed by atoms with Gasteiger partial charge in [-0.05, 0) is 40.2 Å². The van der Waals surface area contributed by atoms with E-state index in [9.17, 15) is 4.79 Å². The molecule has 1 amide bonds. The third-order valence-corrected chi connectivity index (χ3v) is 5.17. The Kier molecular flexibility index (Phi) is 3.02. The van der Waals surface area contributed by atoms with Crippen molar-refractivity contribution in [1.82, 2.24) is 4.98 Å². The van der Waals surface area contributed by atoms with E-state index in [1.165, 1.54) is 35.5 Å². The van der Waals surface area contributed by atoms with E-state index < -0.39 is 0 Å². The molecular formula is C11H9BrN2OS2. The number of aromatic nitrogens is 1. The van der Waals surface area contributed by atoms with Gasteiger partial charge >= 0.3 is 0 Å². The summed E-state index contributed by atoms with van der Waals surface area (Å²) in [5, 5.41) is 7.45. The minimum atomic E-state index is -0.0939. The number of carbonyl (C=O) groups is 1. The molecule has 6 heteroatoms. The van der Waals surface area contributed by atoms with Gasteiger partial charge in [-0.2, -0.15) is 0 Å². The second-order valence-corrected chi connectivity index (χ2v) is 6.53. The zero-order chi connectivity index (χ0) is 11.8. The Morgan fingerprint density at radius 1 is 1.47 bits per heavy atom. The van der Waals surface area contributed by atoms with Crippen molar-refractivity contribution in [2.75, 3.05) is 5.32 Å². The molecule has 2 heterocycles. The first-order valence-corrected chi connectivity index (χ1v) is 7.79. The van der Waals surface area contributed by atoms with Gasteiger partial charge in [0, 0.05) is 15.8 Å². The molecule has 1 fully saturated rings. The van der Waals surface area contributed by atoms with Gasteiger partial charge in [0.2, 0.25) is 0 Å². The molecule has 17 heavy (non-hydrogen) atoms. The van der Waals surface area contributed by atoms with Crippen molar-refractivity contribution < 1.29 is 4.79 Å². The van der Waals surface area contributed by atoms with Crippen LogP contribution >= 0.6 is 38.6 Å². The van der Waals surface area contributed by atoms with E-state index >= 15 is 0 Å². The summed E-state index contributed by atoms with van der Waals surface area (Å²) in [7, 11) is 0. The van der Waals surface area contributed by atoms with E-state index in [2.05, 4.69) is 26.2 Å². The lowest BCUT2D eigenvalue weighted by Gasteiger charge is -1.99. The molecule has 0 bridgehead atoms. The summed E-state index contributed by atoms with van der Waals surface area (Å²) >= 11 is 6.27. The lowest BCUT2D eigenvalue weighted by molar-refractivity contribution is 0.103. The number of nitrogens with one attached hydrogen (secondary N) is 1. The molecule has 0 atom stereocenters. The number of rotatable bonds is 3. The van der Waals surface area contributed by atoms with Crippen LogP contribution in [0.25, 0.3) is 0 Å². The number of nitrogens with zero attached hydrogens (tertiary/aromatic N) is 1. The van der Waals surface area contributed by atoms with Crippen LogP contribution in [0.5, 0.6) is 0 Å². The van der Waals surface area contributed by atoms with Crippen LogP contribution in [0.4, 0.5) is 5.13 Å². The van der Waals surface area contributed by atoms with Crippen molar-refractivity contribution in [3.8, 4) is 0 Å². The molecule has 0 radical (unpaired) electrons. The first-order chi connectivity index (χ1) is 8.24. The summed E-state index contributed by atoms with van der Waals surface area (Å²) in [5.74, 6) is 0.536. The third kappa shape index (κ3) is 2.43. The zero-order valence-corrected chi connectivity index (χ0v) is 12.0. The standard InChI is InChI=1S/C11H9BrN2OS2/c12-7-3-4-16-9(7)10(15)14-11-13-8(5-17-11)6-1-2-6/h3-6H,1-2H2,(H,13,14,15). The Morgan fingerprint density at radius 2 is 2.29 bits per heavy atom. The molecule has 0 saturated heterocycles. The van der Waals surface area contributed by atoms with Crippen LogP contribution in [0.3, 0.4) is 0 Å². The van der Waals surface area contributed by atoms with E-state index in [4.69, 9.17) is 0 Å². The van der Waals surface area contributed by atoms with Crippen LogP contribution < -0.4 is 5.32 Å². The number of carbonyl (C=O) groups excluding carboxylic acids is 1. The molecule has 3 nitrogen and oxygen atoms in total. The van der Waals surface area contributed by atoms with Crippen molar-refractivity contribution in [3.05, 3.63) is 31.9 Å². The Morgan fingerprint density at radius 3 is 2.94 bits per heavy atom. The van der Waals surface area contributed by atoms with Crippen LogP contribution in [0, 0.1) is 0 Å². The third-order valence-electron chi connectivity index (χ3n) is 2.56. The highest BCUT2D eigenvalue weighted by molar-refractivity contribution is 9.10. The molecule has 2 aromatic rings. The van der Waals surface area contributed by atoms with E-state index in [1.54, 1.807) is 0 Å². The van der Waals surface area contributed by atoms with Gasteiger partial charge in [0.15, 0.2) is 5.13 Å². The minimum absolute atomic E-state index is 0.0939. The van der Waals surface area contributed by atoms with Gasteiger partial charge in [-0.15, -0.1) is 22.7 Å². The summed E-state index contributed by atoms with van der Waals surface area (Å²) in [6, 6.07) is 1.87. The van der Waals surface area contributed by atoms with Gasteiger partial charge in [0.25, 0.3) is 5.91 Å². The van der Waals surface area contributed by atoms with Crippen molar-refractivity contribution >= 4 is 49.6 Å². The predicted molar refractivity (Wildman–Crippen MR) is 74.1 cm³/mol. The van der Waals surface area contributed by atoms with Gasteiger partial charge in [0.1, 0.15) is 4.88 Å². The fraction of sp³-hybridized carbons (Fsp3) is 0.273. The molecule has 1 N–H and O–H groups in total. The van der Waals surface area contributed by atoms with Crippen LogP contribution in [0.1, 0.15) is 34.1 Å². The maximum atomic E-state index is 11.9. The molecule has 0 spiro atoms. The molecular weight excluding hydrogens is 320 g/mol. The van der Waals surface area contributed by atoms with E-state index in [-0.39, 0.29) is 5.91 Å². The van der Waals surface area contributed by atoms with Crippen molar-refractivity contribution in [3.63, 3.8) is 0 Å². The molecule has 0 unspecified atom stereocenters. The Labute approximate surface area is 115 Å². The number of amides is 1. The highest BCUT2D eigenvalue weighted by Gasteiger charge is 2.26. The Bertz CT molecular complexity index is 559. The lowest BCUT2D eigenvalue weighted by Crippen LogP contribution is -2.10. The van der Waals surface area contributed by atoms with Crippen molar-refractivity contribution in [1.29, 1.82) is 0 Å². The van der Waals surface area contributed by atoms with Gasteiger partial charge in [-0.3, -0.25) is 10.1 Å². The number of halogens is 1. The van der Waals surface area contributed by atoms with Crippen molar-refractivity contribution in [2.24, 2.45) is 0 Å². The van der Waals surface area contributed by atoms with Gasteiger partial charge in [0.05, 0.1) is 5.69 Å². The minimum Gasteiger partial charge on any atom is -0.297 e. The molecule has 0 aromatic carbocycles. The summed E-state index contributed by atoms with van der Waals surface area (Å²) < 4.78 is 0.832. The molecule has 0 aliphatic heterocycles. The number of anilines is 1. The lowest BCUT2D eigenvalue weighted by atomic mass is 10.3. The molecule has 1 aliphatic carbocycles. The number of hydrogen-bond donors (Lipinski definition) is 1. The summed E-state index contributed by atoms with van der Waals surface area (Å²) in [6.45, 7) is 0. The van der Waals surface area contributed by atoms with Gasteiger partial charge in [-0.1, -0.05) is 0 Å². The summed E-state index contributed by atoms with van der Waals surface area (Å²) in [4.78, 5) is 17.0. The number of thiophene rings is 1. The van der Waals surface area contributed by atoms with E-state index in [0.29, 0.717) is 15.9 Å². The van der Waals surface area contributed by atoms with E-state index in [1.807, 2.05) is 16.8 Å². The van der Waals surface area contributed by atoms with Crippen molar-refractivity contribution in [2.45, 2.75) is 18.8 Å². The largest absolute Gasteiger partial charge is 0.297 e. The smallest absolute Gasteiger partial charge is 0.268 e. The topological polar surface area (TPSA) is 42.0 Å². The molecule has 1 aliphatic rings. The highest BCUT2D eigenvalue weighted by atomic mass is 79.9.